The summed E-state index contributed by atoms with van der Waals surface area (Å²) < 4.78 is 9.09. The van der Waals surface area contributed by atoms with E-state index >= 15 is 0 Å². The highest BCUT2D eigenvalue weighted by Crippen LogP contribution is 2.40. The van der Waals surface area contributed by atoms with E-state index in [0.29, 0.717) is 0 Å². The lowest BCUT2D eigenvalue weighted by molar-refractivity contribution is -0.158. The minimum Gasteiger partial charge on any atom is -0.450 e. The fourth-order valence-corrected chi connectivity index (χ4v) is 2.75. The average molecular weight is 265 g/mol. The molecule has 1 aliphatic heterocycles. The summed E-state index contributed by atoms with van der Waals surface area (Å²) in [6, 6.07) is 0. The van der Waals surface area contributed by atoms with E-state index in [1.54, 1.807) is 0 Å². The zero-order valence-electron chi connectivity index (χ0n) is 9.08. The summed E-state index contributed by atoms with van der Waals surface area (Å²) in [5, 5.41) is 15.6. The number of thioether (sulfide) groups is 1. The van der Waals surface area contributed by atoms with Crippen molar-refractivity contribution in [2.45, 2.75) is 25.1 Å². The van der Waals surface area contributed by atoms with Gasteiger partial charge in [0, 0.05) is 13.8 Å². The van der Waals surface area contributed by atoms with Gasteiger partial charge in [0.1, 0.15) is 0 Å². The molecule has 0 aromatic rings. The van der Waals surface area contributed by atoms with Crippen LogP contribution in [0.1, 0.15) is 13.8 Å². The highest BCUT2D eigenvalue weighted by Gasteiger charge is 2.50. The molecule has 2 unspecified atom stereocenters. The van der Waals surface area contributed by atoms with Gasteiger partial charge in [-0.3, -0.25) is 9.69 Å². The van der Waals surface area contributed by atoms with Crippen molar-refractivity contribution in [2.24, 2.45) is 0 Å². The zero-order chi connectivity index (χ0) is 13.2. The van der Waals surface area contributed by atoms with Gasteiger partial charge >= 0.3 is 12.3 Å². The summed E-state index contributed by atoms with van der Waals surface area (Å²) >= 11 is 0.973. The lowest BCUT2D eigenvalue weighted by Crippen LogP contribution is -2.50. The minimum absolute atomic E-state index is 0.107. The van der Waals surface area contributed by atoms with Crippen molar-refractivity contribution in [1.82, 2.24) is 4.90 Å². The third kappa shape index (κ3) is 2.93. The van der Waals surface area contributed by atoms with Gasteiger partial charge in [-0.25, -0.2) is 9.59 Å². The molecule has 9 heteroatoms. The number of rotatable bonds is 2. The number of hydrogen-bond acceptors (Lipinski definition) is 6. The van der Waals surface area contributed by atoms with E-state index in [0.717, 1.165) is 16.7 Å². The van der Waals surface area contributed by atoms with Crippen LogP contribution in [0.3, 0.4) is 0 Å². The van der Waals surface area contributed by atoms with Crippen molar-refractivity contribution in [1.29, 1.82) is 0 Å². The number of hydrogen-bond donors (Lipinski definition) is 2. The summed E-state index contributed by atoms with van der Waals surface area (Å²) in [7, 11) is 0. The number of nitrogens with zero attached hydrogens (tertiary/aromatic N) is 1. The number of carbonyl (C=O) groups excluding carboxylic acids is 1. The SMILES string of the molecule is CC(=O)N1C(OC(=O)O)CSC1(C)OC(=O)O. The van der Waals surface area contributed by atoms with Crippen LogP contribution in [0.4, 0.5) is 9.59 Å². The molecule has 0 aromatic heterocycles. The topological polar surface area (TPSA) is 113 Å². The number of carbonyl (C=O) groups is 3. The van der Waals surface area contributed by atoms with Gasteiger partial charge < -0.3 is 19.7 Å². The number of carboxylic acid groups (broad SMARTS) is 2. The van der Waals surface area contributed by atoms with E-state index in [1.807, 2.05) is 0 Å². The van der Waals surface area contributed by atoms with Crippen LogP contribution in [-0.4, -0.2) is 50.4 Å². The average Bonchev–Trinajstić information content (AvgIpc) is 2.39. The third-order valence-electron chi connectivity index (χ3n) is 2.07. The molecule has 8 nitrogen and oxygen atoms in total. The minimum atomic E-state index is -1.55. The van der Waals surface area contributed by atoms with Crippen molar-refractivity contribution >= 4 is 30.0 Å². The first kappa shape index (κ1) is 13.4. The van der Waals surface area contributed by atoms with E-state index in [4.69, 9.17) is 10.2 Å². The van der Waals surface area contributed by atoms with Crippen LogP contribution in [0.2, 0.25) is 0 Å². The summed E-state index contributed by atoms with van der Waals surface area (Å²) in [6.07, 6.45) is -4.15. The van der Waals surface area contributed by atoms with Gasteiger partial charge in [0.25, 0.3) is 0 Å². The second kappa shape index (κ2) is 4.70. The summed E-state index contributed by atoms with van der Waals surface area (Å²) in [6.45, 7) is 2.53. The van der Waals surface area contributed by atoms with Crippen LogP contribution in [0.15, 0.2) is 0 Å². The molecule has 0 bridgehead atoms. The first-order chi connectivity index (χ1) is 7.76. The summed E-state index contributed by atoms with van der Waals surface area (Å²) in [5.74, 6) is -0.430. The predicted octanol–water partition coefficient (Wildman–Crippen LogP) is 0.971. The molecule has 1 saturated heterocycles. The summed E-state index contributed by atoms with van der Waals surface area (Å²) in [5.41, 5.74) is 0. The zero-order valence-corrected chi connectivity index (χ0v) is 9.89. The predicted molar refractivity (Wildman–Crippen MR) is 55.4 cm³/mol. The lowest BCUT2D eigenvalue weighted by Gasteiger charge is -2.33. The molecule has 0 spiro atoms. The van der Waals surface area contributed by atoms with Crippen molar-refractivity contribution < 1.29 is 34.1 Å². The van der Waals surface area contributed by atoms with Crippen molar-refractivity contribution in [3.8, 4) is 0 Å². The Morgan fingerprint density at radius 1 is 1.35 bits per heavy atom. The van der Waals surface area contributed by atoms with E-state index in [2.05, 4.69) is 9.47 Å². The molecule has 1 fully saturated rings. The van der Waals surface area contributed by atoms with E-state index in [1.165, 1.54) is 13.8 Å². The molecule has 0 aromatic carbocycles. The molecule has 0 aliphatic carbocycles. The third-order valence-corrected chi connectivity index (χ3v) is 3.34. The molecule has 2 N–H and O–H groups in total. The highest BCUT2D eigenvalue weighted by molar-refractivity contribution is 8.00. The van der Waals surface area contributed by atoms with E-state index < -0.39 is 29.5 Å². The van der Waals surface area contributed by atoms with Gasteiger partial charge in [-0.1, -0.05) is 11.8 Å². The smallest absolute Gasteiger partial charge is 0.450 e. The molecule has 96 valence electrons. The van der Waals surface area contributed by atoms with Gasteiger partial charge in [0.2, 0.25) is 11.0 Å². The monoisotopic (exact) mass is 265 g/mol. The highest BCUT2D eigenvalue weighted by atomic mass is 32.2. The Balaban J connectivity index is 2.91. The molecule has 1 aliphatic rings. The Bertz CT molecular complexity index is 360. The Morgan fingerprint density at radius 2 is 1.94 bits per heavy atom. The molecule has 1 heterocycles. The van der Waals surface area contributed by atoms with E-state index in [-0.39, 0.29) is 5.75 Å². The van der Waals surface area contributed by atoms with Crippen LogP contribution in [0.25, 0.3) is 0 Å². The maximum Gasteiger partial charge on any atom is 0.508 e. The standard InChI is InChI=1S/C8H11NO7S/c1-4(10)9-5(15-6(11)12)3-17-8(9,2)16-7(13)14/h5H,3H2,1-2H3,(H,11,12)(H,13,14). The van der Waals surface area contributed by atoms with Crippen molar-refractivity contribution in [3.63, 3.8) is 0 Å². The lowest BCUT2D eigenvalue weighted by atomic mass is 10.4. The second-order valence-electron chi connectivity index (χ2n) is 3.30. The summed E-state index contributed by atoms with van der Waals surface area (Å²) in [4.78, 5) is 33.3. The van der Waals surface area contributed by atoms with Gasteiger partial charge in [0.15, 0.2) is 6.23 Å². The Hall–Kier alpha value is -1.64. The van der Waals surface area contributed by atoms with Crippen LogP contribution >= 0.6 is 11.8 Å². The Morgan fingerprint density at radius 3 is 2.35 bits per heavy atom. The molecule has 0 saturated carbocycles. The van der Waals surface area contributed by atoms with Crippen LogP contribution in [0.5, 0.6) is 0 Å². The fraction of sp³-hybridized carbons (Fsp3) is 0.625. The maximum atomic E-state index is 11.4. The maximum absolute atomic E-state index is 11.4. The van der Waals surface area contributed by atoms with Gasteiger partial charge in [0.05, 0.1) is 5.75 Å². The number of amides is 1. The van der Waals surface area contributed by atoms with E-state index in [9.17, 15) is 14.4 Å². The first-order valence-corrected chi connectivity index (χ1v) is 5.50. The largest absolute Gasteiger partial charge is 0.508 e. The van der Waals surface area contributed by atoms with Crippen LogP contribution in [0, 0.1) is 0 Å². The van der Waals surface area contributed by atoms with Crippen molar-refractivity contribution in [2.75, 3.05) is 5.75 Å². The van der Waals surface area contributed by atoms with Crippen molar-refractivity contribution in [3.05, 3.63) is 0 Å². The van der Waals surface area contributed by atoms with Gasteiger partial charge in [-0.2, -0.15) is 0 Å². The first-order valence-electron chi connectivity index (χ1n) is 4.51. The van der Waals surface area contributed by atoms with Gasteiger partial charge in [-0.15, -0.1) is 0 Å². The molecular formula is C8H11NO7S. The second-order valence-corrected chi connectivity index (χ2v) is 4.68. The quantitative estimate of drug-likeness (QED) is 0.710. The molecular weight excluding hydrogens is 254 g/mol. The van der Waals surface area contributed by atoms with Crippen LogP contribution in [-0.2, 0) is 14.3 Å². The number of ether oxygens (including phenoxy) is 2. The molecule has 17 heavy (non-hydrogen) atoms. The fourth-order valence-electron chi connectivity index (χ4n) is 1.56. The Kier molecular flexibility index (Phi) is 3.71. The molecule has 0 radical (unpaired) electrons. The Labute approximate surface area is 100 Å². The molecule has 2 atom stereocenters. The van der Waals surface area contributed by atoms with Gasteiger partial charge in [-0.05, 0) is 0 Å². The normalized spacial score (nSPS) is 27.6. The van der Waals surface area contributed by atoms with Crippen LogP contribution < -0.4 is 0 Å². The molecule has 1 rings (SSSR count). The molecule has 1 amide bonds.